The Morgan fingerprint density at radius 2 is 1.93 bits per heavy atom. The topological polar surface area (TPSA) is 9.23 Å². The molecule has 0 saturated carbocycles. The van der Waals surface area contributed by atoms with Crippen LogP contribution in [0.4, 0.5) is 0 Å². The highest BCUT2D eigenvalue weighted by molar-refractivity contribution is 9.09. The van der Waals surface area contributed by atoms with E-state index in [9.17, 15) is 0 Å². The molecule has 0 bridgehead atoms. The molecule has 0 fully saturated rings. The van der Waals surface area contributed by atoms with Crippen molar-refractivity contribution in [3.05, 3.63) is 11.8 Å². The summed E-state index contributed by atoms with van der Waals surface area (Å²) in [5.74, 6) is 0. The van der Waals surface area contributed by atoms with Gasteiger partial charge in [-0.2, -0.15) is 0 Å². The molecule has 0 amide bonds. The van der Waals surface area contributed by atoms with Crippen LogP contribution in [0, 0.1) is 0 Å². The smallest absolute Gasteiger partial charge is 0.223 e. The summed E-state index contributed by atoms with van der Waals surface area (Å²) in [6.07, 6.45) is 6.04. The van der Waals surface area contributed by atoms with Gasteiger partial charge >= 0.3 is 0 Å². The molecular formula is C10H22BrOSi2. The van der Waals surface area contributed by atoms with Gasteiger partial charge in [-0.05, 0) is 45.5 Å². The summed E-state index contributed by atoms with van der Waals surface area (Å²) in [4.78, 5) is 0. The zero-order valence-corrected chi connectivity index (χ0v) is 13.4. The van der Waals surface area contributed by atoms with Gasteiger partial charge in [0.15, 0.2) is 8.32 Å². The number of hydrogen-bond acceptors (Lipinski definition) is 1. The van der Waals surface area contributed by atoms with Gasteiger partial charge in [-0.25, -0.2) is 0 Å². The first-order valence-corrected chi connectivity index (χ1v) is 11.7. The van der Waals surface area contributed by atoms with E-state index in [4.69, 9.17) is 4.12 Å². The Kier molecular flexibility index (Phi) is 8.19. The van der Waals surface area contributed by atoms with Gasteiger partial charge in [0.2, 0.25) is 9.04 Å². The molecule has 0 aliphatic heterocycles. The Morgan fingerprint density at radius 1 is 1.29 bits per heavy atom. The van der Waals surface area contributed by atoms with E-state index in [1.807, 2.05) is 0 Å². The van der Waals surface area contributed by atoms with Crippen molar-refractivity contribution in [2.45, 2.75) is 45.5 Å². The maximum atomic E-state index is 5.99. The SMILES string of the molecule is C[Si](/C=C/CCCCBr)O[Si](C)(C)C. The van der Waals surface area contributed by atoms with E-state index >= 15 is 0 Å². The molecule has 1 nitrogen and oxygen atoms in total. The van der Waals surface area contributed by atoms with Crippen molar-refractivity contribution in [1.29, 1.82) is 0 Å². The van der Waals surface area contributed by atoms with Crippen molar-refractivity contribution in [3.8, 4) is 0 Å². The van der Waals surface area contributed by atoms with E-state index in [-0.39, 0.29) is 0 Å². The fourth-order valence-electron chi connectivity index (χ4n) is 1.12. The highest BCUT2D eigenvalue weighted by Crippen LogP contribution is 2.06. The highest BCUT2D eigenvalue weighted by Gasteiger charge is 2.17. The van der Waals surface area contributed by atoms with Crippen LogP contribution in [0.3, 0.4) is 0 Å². The average Bonchev–Trinajstić information content (AvgIpc) is 2.00. The predicted molar refractivity (Wildman–Crippen MR) is 72.8 cm³/mol. The lowest BCUT2D eigenvalue weighted by molar-refractivity contribution is 0.587. The van der Waals surface area contributed by atoms with Crippen molar-refractivity contribution in [1.82, 2.24) is 0 Å². The zero-order valence-electron chi connectivity index (χ0n) is 9.77. The van der Waals surface area contributed by atoms with Crippen LogP contribution in [0.25, 0.3) is 0 Å². The van der Waals surface area contributed by atoms with Gasteiger partial charge in [-0.1, -0.05) is 27.7 Å². The molecule has 4 heteroatoms. The van der Waals surface area contributed by atoms with Crippen LogP contribution in [0.1, 0.15) is 19.3 Å². The Labute approximate surface area is 99.9 Å². The molecule has 0 rings (SSSR count). The first-order chi connectivity index (χ1) is 6.45. The number of hydrogen-bond donors (Lipinski definition) is 0. The maximum absolute atomic E-state index is 5.99. The van der Waals surface area contributed by atoms with Crippen molar-refractivity contribution in [3.63, 3.8) is 0 Å². The summed E-state index contributed by atoms with van der Waals surface area (Å²) >= 11 is 3.43. The Bertz CT molecular complexity index is 166. The van der Waals surface area contributed by atoms with Gasteiger partial charge in [0.05, 0.1) is 0 Å². The monoisotopic (exact) mass is 293 g/mol. The highest BCUT2D eigenvalue weighted by atomic mass is 79.9. The molecule has 0 atom stereocenters. The molecule has 0 aliphatic rings. The lowest BCUT2D eigenvalue weighted by Crippen LogP contribution is -2.32. The number of allylic oxidation sites excluding steroid dienone is 1. The van der Waals surface area contributed by atoms with Crippen LogP contribution >= 0.6 is 15.9 Å². The van der Waals surface area contributed by atoms with Crippen LogP contribution in [0.2, 0.25) is 26.2 Å². The normalized spacial score (nSPS) is 13.0. The van der Waals surface area contributed by atoms with Crippen LogP contribution in [-0.4, -0.2) is 22.7 Å². The summed E-state index contributed by atoms with van der Waals surface area (Å²) < 4.78 is 5.99. The van der Waals surface area contributed by atoms with Gasteiger partial charge in [-0.3, -0.25) is 0 Å². The Hall–Kier alpha value is 0.614. The van der Waals surface area contributed by atoms with Crippen molar-refractivity contribution in [2.24, 2.45) is 0 Å². The van der Waals surface area contributed by atoms with E-state index in [0.717, 1.165) is 5.33 Å². The molecule has 0 unspecified atom stereocenters. The Morgan fingerprint density at radius 3 is 2.43 bits per heavy atom. The minimum absolute atomic E-state index is 0.665. The number of unbranched alkanes of at least 4 members (excludes halogenated alkanes) is 2. The molecule has 0 N–H and O–H groups in total. The molecule has 0 spiro atoms. The molecule has 0 heterocycles. The third-order valence-corrected chi connectivity index (χ3v) is 6.58. The molecule has 0 aromatic carbocycles. The van der Waals surface area contributed by atoms with Gasteiger partial charge in [0.1, 0.15) is 0 Å². The molecule has 0 aliphatic carbocycles. The third kappa shape index (κ3) is 10.7. The molecule has 83 valence electrons. The van der Waals surface area contributed by atoms with E-state index in [1.165, 1.54) is 19.3 Å². The molecular weight excluding hydrogens is 272 g/mol. The largest absolute Gasteiger partial charge is 0.453 e. The second-order valence-electron chi connectivity index (χ2n) is 4.41. The lowest BCUT2D eigenvalue weighted by atomic mass is 10.2. The molecule has 0 aromatic rings. The molecule has 1 radical (unpaired) electrons. The van der Waals surface area contributed by atoms with Crippen LogP contribution in [0.5, 0.6) is 0 Å². The summed E-state index contributed by atoms with van der Waals surface area (Å²) in [6, 6.07) is 0. The fourth-order valence-corrected chi connectivity index (χ4v) is 6.15. The number of halogens is 1. The summed E-state index contributed by atoms with van der Waals surface area (Å²) in [7, 11) is -1.97. The van der Waals surface area contributed by atoms with Crippen molar-refractivity contribution in [2.75, 3.05) is 5.33 Å². The summed E-state index contributed by atoms with van der Waals surface area (Å²) in [5, 5.41) is 1.12. The molecule has 14 heavy (non-hydrogen) atoms. The van der Waals surface area contributed by atoms with Gasteiger partial charge in [0.25, 0.3) is 0 Å². The lowest BCUT2D eigenvalue weighted by Gasteiger charge is -2.20. The summed E-state index contributed by atoms with van der Waals surface area (Å²) in [5.41, 5.74) is 2.29. The van der Waals surface area contributed by atoms with E-state index < -0.39 is 17.4 Å². The van der Waals surface area contributed by atoms with Crippen LogP contribution < -0.4 is 0 Å². The van der Waals surface area contributed by atoms with Crippen molar-refractivity contribution < 1.29 is 4.12 Å². The van der Waals surface area contributed by atoms with Gasteiger partial charge in [-0.15, -0.1) is 0 Å². The van der Waals surface area contributed by atoms with E-state index in [0.29, 0.717) is 0 Å². The van der Waals surface area contributed by atoms with Crippen molar-refractivity contribution >= 4 is 33.3 Å². The Balaban J connectivity index is 3.56. The number of alkyl halides is 1. The third-order valence-electron chi connectivity index (χ3n) is 1.57. The first-order valence-electron chi connectivity index (χ1n) is 5.21. The van der Waals surface area contributed by atoms with Crippen LogP contribution in [0.15, 0.2) is 11.8 Å². The zero-order chi connectivity index (χ0) is 11.0. The van der Waals surface area contributed by atoms with Gasteiger partial charge < -0.3 is 4.12 Å². The summed E-state index contributed by atoms with van der Waals surface area (Å²) in [6.45, 7) is 8.98. The standard InChI is InChI=1S/C10H22BrOSi2/c1-13(12-14(2,3)4)10-8-6-5-7-9-11/h8,10H,5-7,9H2,1-4H3/b10-8+. The number of rotatable bonds is 7. The predicted octanol–water partition coefficient (Wildman–Crippen LogP) is 4.12. The second kappa shape index (κ2) is 7.85. The molecule has 0 saturated heterocycles. The fraction of sp³-hybridized carbons (Fsp3) is 0.800. The quantitative estimate of drug-likeness (QED) is 0.390. The van der Waals surface area contributed by atoms with Crippen LogP contribution in [-0.2, 0) is 4.12 Å². The van der Waals surface area contributed by atoms with E-state index in [1.54, 1.807) is 0 Å². The minimum atomic E-state index is -1.31. The first kappa shape index (κ1) is 14.6. The molecule has 0 aromatic heterocycles. The maximum Gasteiger partial charge on any atom is 0.223 e. The average molecular weight is 294 g/mol. The van der Waals surface area contributed by atoms with E-state index in [2.05, 4.69) is 53.9 Å². The van der Waals surface area contributed by atoms with Gasteiger partial charge in [0, 0.05) is 5.33 Å². The minimum Gasteiger partial charge on any atom is -0.453 e. The second-order valence-corrected chi connectivity index (χ2v) is 11.8.